The molecule has 0 saturated carbocycles. The summed E-state index contributed by atoms with van der Waals surface area (Å²) in [5.74, 6) is -0.0487. The fourth-order valence-corrected chi connectivity index (χ4v) is 5.51. The number of amides is 1. The largest absolute Gasteiger partial charge is 0.328 e. The van der Waals surface area contributed by atoms with Crippen LogP contribution in [0, 0.1) is 0 Å². The van der Waals surface area contributed by atoms with E-state index in [2.05, 4.69) is 4.98 Å². The minimum absolute atomic E-state index is 0.148. The third-order valence-electron chi connectivity index (χ3n) is 5.23. The van der Waals surface area contributed by atoms with Crippen LogP contribution in [0.2, 0.25) is 10.0 Å². The van der Waals surface area contributed by atoms with Crippen molar-refractivity contribution < 1.29 is 13.2 Å². The average Bonchev–Trinajstić information content (AvgIpc) is 3.15. The molecule has 4 rings (SSSR count). The summed E-state index contributed by atoms with van der Waals surface area (Å²) in [6, 6.07) is 17.5. The number of benzene rings is 2. The van der Waals surface area contributed by atoms with Gasteiger partial charge in [-0.3, -0.25) is 14.1 Å². The van der Waals surface area contributed by atoms with Crippen molar-refractivity contribution in [3.63, 3.8) is 0 Å². The first-order valence-electron chi connectivity index (χ1n) is 10.1. The van der Waals surface area contributed by atoms with E-state index in [0.29, 0.717) is 47.4 Å². The maximum absolute atomic E-state index is 13.4. The van der Waals surface area contributed by atoms with Gasteiger partial charge in [0, 0.05) is 24.8 Å². The Bertz CT molecular complexity index is 1220. The summed E-state index contributed by atoms with van der Waals surface area (Å²) in [4.78, 5) is 19.4. The lowest BCUT2D eigenvalue weighted by Gasteiger charge is -2.23. The summed E-state index contributed by atoms with van der Waals surface area (Å²) in [6.45, 7) is 1.08. The molecule has 32 heavy (non-hydrogen) atoms. The fraction of sp³-hybridized carbons (Fsp3) is 0.217. The number of hydrogen-bond acceptors (Lipinski definition) is 4. The van der Waals surface area contributed by atoms with E-state index >= 15 is 0 Å². The van der Waals surface area contributed by atoms with Crippen molar-refractivity contribution >= 4 is 44.8 Å². The summed E-state index contributed by atoms with van der Waals surface area (Å²) < 4.78 is 25.7. The number of carbonyl (C=O) groups is 1. The number of anilines is 1. The fourth-order valence-electron chi connectivity index (χ4n) is 3.63. The molecule has 3 aromatic rings. The van der Waals surface area contributed by atoms with E-state index in [1.165, 1.54) is 4.31 Å². The van der Waals surface area contributed by atoms with Gasteiger partial charge < -0.3 is 4.90 Å². The molecule has 0 radical (unpaired) electrons. The monoisotopic (exact) mass is 489 g/mol. The summed E-state index contributed by atoms with van der Waals surface area (Å²) >= 11 is 12.2. The Balaban J connectivity index is 1.59. The van der Waals surface area contributed by atoms with Crippen LogP contribution in [0.3, 0.4) is 0 Å². The van der Waals surface area contributed by atoms with Gasteiger partial charge in [-0.2, -0.15) is 0 Å². The highest BCUT2D eigenvalue weighted by atomic mass is 35.5. The Morgan fingerprint density at radius 1 is 1.00 bits per heavy atom. The first kappa shape index (κ1) is 22.6. The molecule has 0 atom stereocenters. The standard InChI is InChI=1S/C23H21Cl2N3O3S/c24-21-10-5-17(14-22(21)25)15-27(16-19-4-1-2-11-26-19)23(29)18-6-8-20(9-7-18)28-12-3-13-32(28,30)31/h1-2,4-11,14H,3,12-13,15-16H2. The van der Waals surface area contributed by atoms with Gasteiger partial charge in [-0.05, 0) is 60.5 Å². The Kier molecular flexibility index (Phi) is 6.69. The highest BCUT2D eigenvalue weighted by Crippen LogP contribution is 2.26. The minimum atomic E-state index is -3.27. The molecule has 0 unspecified atom stereocenters. The molecule has 2 aromatic carbocycles. The minimum Gasteiger partial charge on any atom is -0.328 e. The third kappa shape index (κ3) is 5.06. The van der Waals surface area contributed by atoms with Crippen LogP contribution in [-0.2, 0) is 23.1 Å². The van der Waals surface area contributed by atoms with Crippen LogP contribution in [0.4, 0.5) is 5.69 Å². The van der Waals surface area contributed by atoms with Gasteiger partial charge in [-0.25, -0.2) is 8.42 Å². The van der Waals surface area contributed by atoms with E-state index in [1.807, 2.05) is 24.3 Å². The summed E-state index contributed by atoms with van der Waals surface area (Å²) in [5.41, 5.74) is 2.62. The van der Waals surface area contributed by atoms with Crippen molar-refractivity contribution in [3.05, 3.63) is 93.7 Å². The zero-order chi connectivity index (χ0) is 22.7. The smallest absolute Gasteiger partial charge is 0.254 e. The van der Waals surface area contributed by atoms with Crippen molar-refractivity contribution in [1.82, 2.24) is 9.88 Å². The van der Waals surface area contributed by atoms with E-state index in [0.717, 1.165) is 11.3 Å². The number of pyridine rings is 1. The quantitative estimate of drug-likeness (QED) is 0.499. The number of rotatable bonds is 6. The molecule has 1 amide bonds. The van der Waals surface area contributed by atoms with Crippen LogP contribution in [0.25, 0.3) is 0 Å². The normalized spacial score (nSPS) is 15.0. The molecule has 6 nitrogen and oxygen atoms in total. The van der Waals surface area contributed by atoms with Gasteiger partial charge in [-0.15, -0.1) is 0 Å². The van der Waals surface area contributed by atoms with E-state index in [-0.39, 0.29) is 11.7 Å². The zero-order valence-corrected chi connectivity index (χ0v) is 19.4. The molecule has 1 aliphatic heterocycles. The highest BCUT2D eigenvalue weighted by molar-refractivity contribution is 7.93. The maximum Gasteiger partial charge on any atom is 0.254 e. The topological polar surface area (TPSA) is 70.6 Å². The second-order valence-corrected chi connectivity index (χ2v) is 10.3. The summed E-state index contributed by atoms with van der Waals surface area (Å²) in [6.07, 6.45) is 2.28. The van der Waals surface area contributed by atoms with Crippen LogP contribution in [0.1, 0.15) is 28.0 Å². The second kappa shape index (κ2) is 9.48. The average molecular weight is 490 g/mol. The first-order valence-corrected chi connectivity index (χ1v) is 12.4. The van der Waals surface area contributed by atoms with E-state index in [1.54, 1.807) is 47.5 Å². The van der Waals surface area contributed by atoms with Crippen LogP contribution < -0.4 is 4.31 Å². The molecular weight excluding hydrogens is 469 g/mol. The molecular formula is C23H21Cl2N3O3S. The second-order valence-electron chi connectivity index (χ2n) is 7.52. The molecule has 9 heteroatoms. The molecule has 1 aliphatic rings. The SMILES string of the molecule is O=C(c1ccc(N2CCCS2(=O)=O)cc1)N(Cc1ccc(Cl)c(Cl)c1)Cc1ccccn1. The molecule has 0 spiro atoms. The molecule has 0 aliphatic carbocycles. The molecule has 166 valence electrons. The number of hydrogen-bond donors (Lipinski definition) is 0. The lowest BCUT2D eigenvalue weighted by molar-refractivity contribution is 0.0728. The van der Waals surface area contributed by atoms with Crippen molar-refractivity contribution in [1.29, 1.82) is 0 Å². The van der Waals surface area contributed by atoms with E-state index in [4.69, 9.17) is 23.2 Å². The number of aromatic nitrogens is 1. The van der Waals surface area contributed by atoms with Gasteiger partial charge in [0.05, 0.1) is 33.7 Å². The number of halogens is 2. The molecule has 2 heterocycles. The predicted octanol–water partition coefficient (Wildman–Crippen LogP) is 4.77. The van der Waals surface area contributed by atoms with Crippen molar-refractivity contribution in [3.8, 4) is 0 Å². The highest BCUT2D eigenvalue weighted by Gasteiger charge is 2.28. The van der Waals surface area contributed by atoms with E-state index in [9.17, 15) is 13.2 Å². The molecule has 1 fully saturated rings. The summed E-state index contributed by atoms with van der Waals surface area (Å²) in [5, 5.41) is 0.871. The number of carbonyl (C=O) groups excluding carboxylic acids is 1. The van der Waals surface area contributed by atoms with Crippen molar-refractivity contribution in [2.45, 2.75) is 19.5 Å². The van der Waals surface area contributed by atoms with Crippen LogP contribution in [0.15, 0.2) is 66.9 Å². The number of sulfonamides is 1. The Morgan fingerprint density at radius 3 is 2.41 bits per heavy atom. The number of nitrogens with zero attached hydrogens (tertiary/aromatic N) is 3. The van der Waals surface area contributed by atoms with Gasteiger partial charge in [-0.1, -0.05) is 35.3 Å². The Hall–Kier alpha value is -2.61. The maximum atomic E-state index is 13.4. The van der Waals surface area contributed by atoms with Gasteiger partial charge >= 0.3 is 0 Å². The van der Waals surface area contributed by atoms with Crippen LogP contribution in [-0.4, -0.2) is 36.5 Å². The Labute approximate surface area is 197 Å². The van der Waals surface area contributed by atoms with Gasteiger partial charge in [0.1, 0.15) is 0 Å². The molecule has 0 N–H and O–H groups in total. The zero-order valence-electron chi connectivity index (χ0n) is 17.1. The Morgan fingerprint density at radius 2 is 1.78 bits per heavy atom. The van der Waals surface area contributed by atoms with Gasteiger partial charge in [0.25, 0.3) is 5.91 Å². The predicted molar refractivity (Wildman–Crippen MR) is 126 cm³/mol. The van der Waals surface area contributed by atoms with Gasteiger partial charge in [0.2, 0.25) is 10.0 Å². The van der Waals surface area contributed by atoms with Crippen molar-refractivity contribution in [2.75, 3.05) is 16.6 Å². The lowest BCUT2D eigenvalue weighted by atomic mass is 10.1. The molecule has 1 aromatic heterocycles. The van der Waals surface area contributed by atoms with Crippen LogP contribution in [0.5, 0.6) is 0 Å². The molecule has 1 saturated heterocycles. The van der Waals surface area contributed by atoms with Gasteiger partial charge in [0.15, 0.2) is 0 Å². The molecule has 0 bridgehead atoms. The summed E-state index contributed by atoms with van der Waals surface area (Å²) in [7, 11) is -3.27. The van der Waals surface area contributed by atoms with Crippen molar-refractivity contribution in [2.24, 2.45) is 0 Å². The van der Waals surface area contributed by atoms with E-state index < -0.39 is 10.0 Å². The van der Waals surface area contributed by atoms with Crippen LogP contribution >= 0.6 is 23.2 Å². The first-order chi connectivity index (χ1) is 15.3. The lowest BCUT2D eigenvalue weighted by Crippen LogP contribution is -2.30. The third-order valence-corrected chi connectivity index (χ3v) is 7.83.